The van der Waals surface area contributed by atoms with Crippen LogP contribution in [0.15, 0.2) is 16.5 Å². The molecule has 0 radical (unpaired) electrons. The van der Waals surface area contributed by atoms with Gasteiger partial charge in [-0.1, -0.05) is 19.3 Å². The van der Waals surface area contributed by atoms with Gasteiger partial charge < -0.3 is 20.2 Å². The van der Waals surface area contributed by atoms with E-state index in [1.54, 1.807) is 6.07 Å². The van der Waals surface area contributed by atoms with Crippen LogP contribution in [0.25, 0.3) is 0 Å². The van der Waals surface area contributed by atoms with E-state index in [9.17, 15) is 14.7 Å². The first-order valence-corrected chi connectivity index (χ1v) is 7.32. The van der Waals surface area contributed by atoms with Crippen molar-refractivity contribution >= 4 is 12.0 Å². The lowest BCUT2D eigenvalue weighted by atomic mass is 9.74. The molecule has 1 fully saturated rings. The molecule has 0 saturated heterocycles. The highest BCUT2D eigenvalue weighted by atomic mass is 16.4. The lowest BCUT2D eigenvalue weighted by molar-refractivity contribution is -0.150. The number of carbonyl (C=O) groups is 2. The second-order valence-electron chi connectivity index (χ2n) is 5.69. The molecule has 1 aromatic rings. The SMILES string of the molecule is Cc1ccc(CNC(=O)NCC2(C(=O)O)CCCCC2)o1. The van der Waals surface area contributed by atoms with E-state index in [1.165, 1.54) is 0 Å². The van der Waals surface area contributed by atoms with Crippen LogP contribution in [0.2, 0.25) is 0 Å². The van der Waals surface area contributed by atoms with Crippen LogP contribution in [-0.4, -0.2) is 23.7 Å². The molecule has 0 spiro atoms. The largest absolute Gasteiger partial charge is 0.481 e. The molecular weight excluding hydrogens is 272 g/mol. The van der Waals surface area contributed by atoms with Gasteiger partial charge in [0.25, 0.3) is 0 Å². The number of hydrogen-bond donors (Lipinski definition) is 3. The second-order valence-corrected chi connectivity index (χ2v) is 5.69. The highest BCUT2D eigenvalue weighted by Crippen LogP contribution is 2.35. The lowest BCUT2D eigenvalue weighted by Gasteiger charge is -2.33. The summed E-state index contributed by atoms with van der Waals surface area (Å²) in [5.74, 6) is 0.650. The van der Waals surface area contributed by atoms with Crippen molar-refractivity contribution in [2.24, 2.45) is 5.41 Å². The zero-order valence-electron chi connectivity index (χ0n) is 12.3. The van der Waals surface area contributed by atoms with Gasteiger partial charge in [0.15, 0.2) is 0 Å². The average Bonchev–Trinajstić information content (AvgIpc) is 2.89. The molecule has 6 nitrogen and oxygen atoms in total. The Morgan fingerprint density at radius 2 is 1.95 bits per heavy atom. The Hall–Kier alpha value is -1.98. The normalized spacial score (nSPS) is 17.2. The van der Waals surface area contributed by atoms with Gasteiger partial charge in [0.2, 0.25) is 0 Å². The molecule has 1 aliphatic rings. The van der Waals surface area contributed by atoms with E-state index in [0.717, 1.165) is 25.0 Å². The molecule has 3 N–H and O–H groups in total. The minimum absolute atomic E-state index is 0.172. The van der Waals surface area contributed by atoms with Crippen molar-refractivity contribution in [3.05, 3.63) is 23.7 Å². The smallest absolute Gasteiger partial charge is 0.315 e. The molecule has 0 bridgehead atoms. The van der Waals surface area contributed by atoms with Gasteiger partial charge in [-0.25, -0.2) is 4.79 Å². The van der Waals surface area contributed by atoms with Crippen molar-refractivity contribution in [1.82, 2.24) is 10.6 Å². The van der Waals surface area contributed by atoms with Crippen molar-refractivity contribution in [3.8, 4) is 0 Å². The standard InChI is InChI=1S/C15H22N2O4/c1-11-5-6-12(21-11)9-16-14(20)17-10-15(13(18)19)7-3-2-4-8-15/h5-6H,2-4,7-10H2,1H3,(H,18,19)(H2,16,17,20). The third-order valence-corrected chi connectivity index (χ3v) is 4.07. The minimum atomic E-state index is -0.816. The monoisotopic (exact) mass is 294 g/mol. The molecule has 0 atom stereocenters. The molecule has 6 heteroatoms. The van der Waals surface area contributed by atoms with Gasteiger partial charge in [0.1, 0.15) is 11.5 Å². The van der Waals surface area contributed by atoms with Crippen LogP contribution in [0.1, 0.15) is 43.6 Å². The van der Waals surface area contributed by atoms with Crippen molar-refractivity contribution < 1.29 is 19.1 Å². The predicted molar refractivity (Wildman–Crippen MR) is 76.8 cm³/mol. The summed E-state index contributed by atoms with van der Waals surface area (Å²) in [6.45, 7) is 2.30. The molecule has 21 heavy (non-hydrogen) atoms. The third-order valence-electron chi connectivity index (χ3n) is 4.07. The fourth-order valence-corrected chi connectivity index (χ4v) is 2.75. The summed E-state index contributed by atoms with van der Waals surface area (Å²) in [6, 6.07) is 3.27. The Bertz CT molecular complexity index is 504. The molecule has 0 aromatic carbocycles. The summed E-state index contributed by atoms with van der Waals surface area (Å²) in [5, 5.41) is 14.8. The van der Waals surface area contributed by atoms with E-state index in [1.807, 2.05) is 13.0 Å². The van der Waals surface area contributed by atoms with Crippen LogP contribution in [0.3, 0.4) is 0 Å². The van der Waals surface area contributed by atoms with E-state index in [-0.39, 0.29) is 12.6 Å². The Balaban J connectivity index is 1.80. The second kappa shape index (κ2) is 6.65. The first kappa shape index (κ1) is 15.4. The molecule has 1 heterocycles. The number of amides is 2. The van der Waals surface area contributed by atoms with E-state index in [0.29, 0.717) is 25.1 Å². The number of furan rings is 1. The van der Waals surface area contributed by atoms with Gasteiger partial charge in [0, 0.05) is 6.54 Å². The molecule has 2 amide bonds. The van der Waals surface area contributed by atoms with Gasteiger partial charge in [-0.2, -0.15) is 0 Å². The molecule has 2 rings (SSSR count). The first-order valence-electron chi connectivity index (χ1n) is 7.32. The van der Waals surface area contributed by atoms with Crippen molar-refractivity contribution in [2.45, 2.75) is 45.6 Å². The minimum Gasteiger partial charge on any atom is -0.481 e. The Morgan fingerprint density at radius 3 is 2.52 bits per heavy atom. The highest BCUT2D eigenvalue weighted by Gasteiger charge is 2.39. The number of urea groups is 1. The van der Waals surface area contributed by atoms with E-state index < -0.39 is 11.4 Å². The summed E-state index contributed by atoms with van der Waals surface area (Å²) >= 11 is 0. The zero-order chi connectivity index (χ0) is 15.3. The number of hydrogen-bond acceptors (Lipinski definition) is 3. The number of carboxylic acid groups (broad SMARTS) is 1. The maximum Gasteiger partial charge on any atom is 0.315 e. The Kier molecular flexibility index (Phi) is 4.88. The summed E-state index contributed by atoms with van der Waals surface area (Å²) in [6.07, 6.45) is 4.13. The molecule has 0 unspecified atom stereocenters. The fourth-order valence-electron chi connectivity index (χ4n) is 2.75. The summed E-state index contributed by atoms with van der Waals surface area (Å²) < 4.78 is 5.35. The number of rotatable bonds is 5. The Labute approximate surface area is 123 Å². The number of carbonyl (C=O) groups excluding carboxylic acids is 1. The van der Waals surface area contributed by atoms with Crippen molar-refractivity contribution in [2.75, 3.05) is 6.54 Å². The first-order chi connectivity index (χ1) is 10.0. The summed E-state index contributed by atoms with van der Waals surface area (Å²) in [7, 11) is 0. The predicted octanol–water partition coefficient (Wildman–Crippen LogP) is 2.42. The molecule has 1 aliphatic carbocycles. The van der Waals surface area contributed by atoms with Gasteiger partial charge in [-0.3, -0.25) is 4.79 Å². The quantitative estimate of drug-likeness (QED) is 0.777. The molecular formula is C15H22N2O4. The van der Waals surface area contributed by atoms with Crippen LogP contribution in [0, 0.1) is 12.3 Å². The molecule has 0 aliphatic heterocycles. The maximum atomic E-state index is 11.8. The summed E-state index contributed by atoms with van der Waals surface area (Å²) in [5.41, 5.74) is -0.809. The van der Waals surface area contributed by atoms with Crippen molar-refractivity contribution in [3.63, 3.8) is 0 Å². The van der Waals surface area contributed by atoms with Crippen LogP contribution >= 0.6 is 0 Å². The van der Waals surface area contributed by atoms with Crippen LogP contribution in [0.5, 0.6) is 0 Å². The van der Waals surface area contributed by atoms with Crippen LogP contribution < -0.4 is 10.6 Å². The number of aliphatic carboxylic acids is 1. The molecule has 1 saturated carbocycles. The summed E-state index contributed by atoms with van der Waals surface area (Å²) in [4.78, 5) is 23.3. The van der Waals surface area contributed by atoms with Crippen LogP contribution in [-0.2, 0) is 11.3 Å². The topological polar surface area (TPSA) is 91.6 Å². The van der Waals surface area contributed by atoms with Crippen LogP contribution in [0.4, 0.5) is 4.79 Å². The van der Waals surface area contributed by atoms with E-state index >= 15 is 0 Å². The highest BCUT2D eigenvalue weighted by molar-refractivity contribution is 5.78. The van der Waals surface area contributed by atoms with Gasteiger partial charge in [0.05, 0.1) is 12.0 Å². The zero-order valence-corrected chi connectivity index (χ0v) is 12.3. The van der Waals surface area contributed by atoms with Crippen molar-refractivity contribution in [1.29, 1.82) is 0 Å². The fraction of sp³-hybridized carbons (Fsp3) is 0.600. The third kappa shape index (κ3) is 4.00. The van der Waals surface area contributed by atoms with E-state index in [2.05, 4.69) is 10.6 Å². The number of carboxylic acids is 1. The average molecular weight is 294 g/mol. The Morgan fingerprint density at radius 1 is 1.24 bits per heavy atom. The van der Waals surface area contributed by atoms with Gasteiger partial charge in [-0.05, 0) is 31.9 Å². The molecule has 116 valence electrons. The lowest BCUT2D eigenvalue weighted by Crippen LogP contribution is -2.47. The van der Waals surface area contributed by atoms with Gasteiger partial charge in [-0.15, -0.1) is 0 Å². The number of aryl methyl sites for hydroxylation is 1. The number of nitrogens with one attached hydrogen (secondary N) is 2. The maximum absolute atomic E-state index is 11.8. The van der Waals surface area contributed by atoms with E-state index in [4.69, 9.17) is 4.42 Å². The van der Waals surface area contributed by atoms with Gasteiger partial charge >= 0.3 is 12.0 Å². The molecule has 1 aromatic heterocycles.